The molecular formula is C13H17O4P. The molecule has 18 heavy (non-hydrogen) atoms. The van der Waals surface area contributed by atoms with Gasteiger partial charge in [-0.3, -0.25) is 4.57 Å². The SMILES string of the molecule is C=CCOP(=O)(OCC=C)C(O)c1ccccc1. The topological polar surface area (TPSA) is 55.8 Å². The first kappa shape index (κ1) is 14.9. The van der Waals surface area contributed by atoms with Crippen LogP contribution in [0.25, 0.3) is 0 Å². The largest absolute Gasteiger partial charge is 0.376 e. The Kier molecular flexibility index (Phi) is 6.02. The minimum atomic E-state index is -3.65. The van der Waals surface area contributed by atoms with E-state index in [1.807, 2.05) is 0 Å². The van der Waals surface area contributed by atoms with Gasteiger partial charge in [0.05, 0.1) is 13.2 Å². The van der Waals surface area contributed by atoms with Crippen LogP contribution in [0.2, 0.25) is 0 Å². The van der Waals surface area contributed by atoms with Crippen molar-refractivity contribution in [3.05, 3.63) is 61.2 Å². The molecule has 1 aromatic carbocycles. The molecule has 0 aliphatic rings. The maximum Gasteiger partial charge on any atom is 0.364 e. The standard InChI is InChI=1S/C13H17O4P/c1-3-10-16-18(15,17-11-4-2)13(14)12-8-6-5-7-9-12/h3-9,13-14H,1-2,10-11H2. The summed E-state index contributed by atoms with van der Waals surface area (Å²) in [5, 5.41) is 10.1. The summed E-state index contributed by atoms with van der Waals surface area (Å²) in [5.74, 6) is -1.32. The highest BCUT2D eigenvalue weighted by Gasteiger charge is 2.35. The third-order valence-electron chi connectivity index (χ3n) is 2.14. The average molecular weight is 268 g/mol. The van der Waals surface area contributed by atoms with Crippen LogP contribution in [0.4, 0.5) is 0 Å². The average Bonchev–Trinajstić information content (AvgIpc) is 2.43. The van der Waals surface area contributed by atoms with Crippen LogP contribution in [0.5, 0.6) is 0 Å². The zero-order valence-electron chi connectivity index (χ0n) is 10.1. The van der Waals surface area contributed by atoms with E-state index in [1.54, 1.807) is 30.3 Å². The van der Waals surface area contributed by atoms with Gasteiger partial charge in [-0.15, -0.1) is 13.2 Å². The predicted molar refractivity (Wildman–Crippen MR) is 71.3 cm³/mol. The van der Waals surface area contributed by atoms with Crippen molar-refractivity contribution in [3.63, 3.8) is 0 Å². The maximum absolute atomic E-state index is 12.4. The smallest absolute Gasteiger partial charge is 0.364 e. The van der Waals surface area contributed by atoms with Gasteiger partial charge in [0.1, 0.15) is 0 Å². The maximum atomic E-state index is 12.4. The Morgan fingerprint density at radius 1 is 1.17 bits per heavy atom. The van der Waals surface area contributed by atoms with Crippen LogP contribution >= 0.6 is 7.60 Å². The minimum absolute atomic E-state index is 0.0400. The van der Waals surface area contributed by atoms with E-state index in [2.05, 4.69) is 13.2 Å². The molecule has 1 atom stereocenters. The molecule has 0 aromatic heterocycles. The number of hydrogen-bond acceptors (Lipinski definition) is 4. The third-order valence-corrected chi connectivity index (χ3v) is 4.06. The highest BCUT2D eigenvalue weighted by molar-refractivity contribution is 7.54. The van der Waals surface area contributed by atoms with Gasteiger partial charge in [0.2, 0.25) is 0 Å². The van der Waals surface area contributed by atoms with Crippen LogP contribution in [0.15, 0.2) is 55.6 Å². The van der Waals surface area contributed by atoms with Crippen molar-refractivity contribution in [3.8, 4) is 0 Å². The van der Waals surface area contributed by atoms with Crippen molar-refractivity contribution in [2.45, 2.75) is 5.85 Å². The van der Waals surface area contributed by atoms with Gasteiger partial charge in [-0.2, -0.15) is 0 Å². The van der Waals surface area contributed by atoms with E-state index in [0.717, 1.165) is 0 Å². The number of hydrogen-bond donors (Lipinski definition) is 1. The van der Waals surface area contributed by atoms with E-state index in [4.69, 9.17) is 9.05 Å². The fraction of sp³-hybridized carbons (Fsp3) is 0.231. The Balaban J connectivity index is 2.91. The normalized spacial score (nSPS) is 12.9. The highest BCUT2D eigenvalue weighted by atomic mass is 31.2. The molecule has 0 heterocycles. The molecule has 0 spiro atoms. The van der Waals surface area contributed by atoms with Gasteiger partial charge in [-0.25, -0.2) is 0 Å². The van der Waals surface area contributed by atoms with Gasteiger partial charge >= 0.3 is 7.60 Å². The van der Waals surface area contributed by atoms with Crippen LogP contribution in [0.1, 0.15) is 11.4 Å². The van der Waals surface area contributed by atoms with Crippen LogP contribution in [0.3, 0.4) is 0 Å². The summed E-state index contributed by atoms with van der Waals surface area (Å²) in [7, 11) is -3.65. The predicted octanol–water partition coefficient (Wildman–Crippen LogP) is 3.28. The Morgan fingerprint density at radius 3 is 2.11 bits per heavy atom. The Morgan fingerprint density at radius 2 is 1.67 bits per heavy atom. The van der Waals surface area contributed by atoms with Gasteiger partial charge in [0.15, 0.2) is 5.85 Å². The monoisotopic (exact) mass is 268 g/mol. The molecule has 0 fully saturated rings. The fourth-order valence-electron chi connectivity index (χ4n) is 1.30. The van der Waals surface area contributed by atoms with E-state index in [1.165, 1.54) is 12.2 Å². The number of rotatable bonds is 8. The van der Waals surface area contributed by atoms with Crippen molar-refractivity contribution < 1.29 is 18.7 Å². The molecule has 0 bridgehead atoms. The Hall–Kier alpha value is -1.19. The molecule has 1 aromatic rings. The van der Waals surface area contributed by atoms with E-state index < -0.39 is 13.4 Å². The molecular weight excluding hydrogens is 251 g/mol. The summed E-state index contributed by atoms with van der Waals surface area (Å²) in [5.41, 5.74) is 0.481. The summed E-state index contributed by atoms with van der Waals surface area (Å²) >= 11 is 0. The second-order valence-corrected chi connectivity index (χ2v) is 5.58. The van der Waals surface area contributed by atoms with Crippen LogP contribution in [0, 0.1) is 0 Å². The van der Waals surface area contributed by atoms with Crippen LogP contribution in [-0.2, 0) is 13.6 Å². The molecule has 0 saturated carbocycles. The lowest BCUT2D eigenvalue weighted by atomic mass is 10.2. The van der Waals surface area contributed by atoms with Gasteiger partial charge in [-0.05, 0) is 5.56 Å². The van der Waals surface area contributed by atoms with Gasteiger partial charge < -0.3 is 14.2 Å². The summed E-state index contributed by atoms with van der Waals surface area (Å²) in [6.45, 7) is 7.03. The molecule has 0 aliphatic carbocycles. The molecule has 1 unspecified atom stereocenters. The van der Waals surface area contributed by atoms with Crippen molar-refractivity contribution in [1.82, 2.24) is 0 Å². The minimum Gasteiger partial charge on any atom is -0.376 e. The number of aliphatic hydroxyl groups is 1. The van der Waals surface area contributed by atoms with Crippen LogP contribution in [-0.4, -0.2) is 18.3 Å². The summed E-state index contributed by atoms with van der Waals surface area (Å²) in [4.78, 5) is 0. The lowest BCUT2D eigenvalue weighted by Crippen LogP contribution is -2.06. The van der Waals surface area contributed by atoms with Crippen molar-refractivity contribution in [1.29, 1.82) is 0 Å². The molecule has 0 amide bonds. The molecule has 4 nitrogen and oxygen atoms in total. The molecule has 1 N–H and O–H groups in total. The Bertz CT molecular complexity index is 414. The highest BCUT2D eigenvalue weighted by Crippen LogP contribution is 2.59. The van der Waals surface area contributed by atoms with Crippen molar-refractivity contribution in [2.75, 3.05) is 13.2 Å². The summed E-state index contributed by atoms with van der Waals surface area (Å²) < 4.78 is 22.7. The van der Waals surface area contributed by atoms with E-state index >= 15 is 0 Å². The zero-order chi connectivity index (χ0) is 13.4. The molecule has 98 valence electrons. The van der Waals surface area contributed by atoms with Gasteiger partial charge in [0.25, 0.3) is 0 Å². The molecule has 0 radical (unpaired) electrons. The number of aliphatic hydroxyl groups excluding tert-OH is 1. The zero-order valence-corrected chi connectivity index (χ0v) is 11.0. The molecule has 1 rings (SSSR count). The van der Waals surface area contributed by atoms with Crippen molar-refractivity contribution in [2.24, 2.45) is 0 Å². The molecule has 0 saturated heterocycles. The van der Waals surface area contributed by atoms with Crippen molar-refractivity contribution >= 4 is 7.60 Å². The third kappa shape index (κ3) is 3.93. The Labute approximate surface area is 107 Å². The second-order valence-electron chi connectivity index (χ2n) is 3.49. The fourth-order valence-corrected chi connectivity index (χ4v) is 2.82. The first-order chi connectivity index (χ1) is 8.64. The van der Waals surface area contributed by atoms with Gasteiger partial charge in [-0.1, -0.05) is 42.5 Å². The lowest BCUT2D eigenvalue weighted by Gasteiger charge is -2.22. The van der Waals surface area contributed by atoms with E-state index in [9.17, 15) is 9.67 Å². The number of benzene rings is 1. The van der Waals surface area contributed by atoms with E-state index in [-0.39, 0.29) is 13.2 Å². The molecule has 5 heteroatoms. The summed E-state index contributed by atoms with van der Waals surface area (Å²) in [6, 6.07) is 8.60. The first-order valence-electron chi connectivity index (χ1n) is 5.47. The quantitative estimate of drug-likeness (QED) is 0.580. The first-order valence-corrected chi connectivity index (χ1v) is 7.09. The van der Waals surface area contributed by atoms with Crippen LogP contribution < -0.4 is 0 Å². The molecule has 0 aliphatic heterocycles. The summed E-state index contributed by atoms with van der Waals surface area (Å²) in [6.07, 6.45) is 2.89. The van der Waals surface area contributed by atoms with Gasteiger partial charge in [0, 0.05) is 0 Å². The van der Waals surface area contributed by atoms with E-state index in [0.29, 0.717) is 5.56 Å². The lowest BCUT2D eigenvalue weighted by molar-refractivity contribution is 0.158. The second kappa shape index (κ2) is 7.29.